The summed E-state index contributed by atoms with van der Waals surface area (Å²) in [6.07, 6.45) is 0. The summed E-state index contributed by atoms with van der Waals surface area (Å²) in [7, 11) is -0.875. The molecule has 0 saturated heterocycles. The molecule has 1 aromatic carbocycles. The van der Waals surface area contributed by atoms with Crippen molar-refractivity contribution in [3.05, 3.63) is 35.9 Å². The molecule has 0 aliphatic carbocycles. The molecular weight excluding hydrogens is 421 g/mol. The van der Waals surface area contributed by atoms with Crippen LogP contribution in [-0.4, -0.2) is 35.1 Å². The van der Waals surface area contributed by atoms with Gasteiger partial charge in [0.15, 0.2) is 5.96 Å². The van der Waals surface area contributed by atoms with Crippen molar-refractivity contribution in [3.63, 3.8) is 0 Å². The Morgan fingerprint density at radius 1 is 1.22 bits per heavy atom. The molecule has 0 radical (unpaired) electrons. The number of guanidine groups is 1. The minimum Gasteiger partial charge on any atom is -0.357 e. The maximum Gasteiger partial charge on any atom is 0.191 e. The Labute approximate surface area is 160 Å². The second-order valence-electron chi connectivity index (χ2n) is 5.71. The van der Waals surface area contributed by atoms with E-state index in [1.807, 2.05) is 37.3 Å². The predicted octanol–water partition coefficient (Wildman–Crippen LogP) is 3.15. The van der Waals surface area contributed by atoms with Gasteiger partial charge in [-0.2, -0.15) is 0 Å². The van der Waals surface area contributed by atoms with Crippen LogP contribution < -0.4 is 10.6 Å². The maximum absolute atomic E-state index is 12.1. The lowest BCUT2D eigenvalue weighted by Gasteiger charge is -2.20. The van der Waals surface area contributed by atoms with E-state index in [1.165, 1.54) is 0 Å². The fourth-order valence-electron chi connectivity index (χ4n) is 1.79. The summed E-state index contributed by atoms with van der Waals surface area (Å²) in [6, 6.07) is 10.3. The Morgan fingerprint density at radius 3 is 2.43 bits per heavy atom. The van der Waals surface area contributed by atoms with E-state index in [9.17, 15) is 4.21 Å². The lowest BCUT2D eigenvalue weighted by molar-refractivity contribution is 0.481. The summed E-state index contributed by atoms with van der Waals surface area (Å²) in [4.78, 5) is 4.52. The van der Waals surface area contributed by atoms with E-state index in [0.717, 1.165) is 18.1 Å². The molecule has 6 heteroatoms. The SMILES string of the molecule is CCNC(=NCCS(=O)Cc1ccccc1)NC(C)C(C)C.I. The summed E-state index contributed by atoms with van der Waals surface area (Å²) >= 11 is 0. The van der Waals surface area contributed by atoms with E-state index in [0.29, 0.717) is 30.0 Å². The molecular formula is C17H30IN3OS. The smallest absolute Gasteiger partial charge is 0.191 e. The molecule has 23 heavy (non-hydrogen) atoms. The Kier molecular flexibility index (Phi) is 12.4. The summed E-state index contributed by atoms with van der Waals surface area (Å²) in [5, 5.41) is 6.61. The van der Waals surface area contributed by atoms with Crippen LogP contribution in [-0.2, 0) is 16.6 Å². The predicted molar refractivity (Wildman–Crippen MR) is 112 cm³/mol. The summed E-state index contributed by atoms with van der Waals surface area (Å²) in [5.41, 5.74) is 1.11. The van der Waals surface area contributed by atoms with Crippen molar-refractivity contribution >= 4 is 40.7 Å². The van der Waals surface area contributed by atoms with E-state index in [2.05, 4.69) is 36.4 Å². The molecule has 0 fully saturated rings. The van der Waals surface area contributed by atoms with E-state index >= 15 is 0 Å². The highest BCUT2D eigenvalue weighted by Gasteiger charge is 2.09. The van der Waals surface area contributed by atoms with Gasteiger partial charge in [0.05, 0.1) is 6.54 Å². The summed E-state index contributed by atoms with van der Waals surface area (Å²) < 4.78 is 12.1. The van der Waals surface area contributed by atoms with Crippen molar-refractivity contribution in [3.8, 4) is 0 Å². The van der Waals surface area contributed by atoms with Crippen LogP contribution in [0.4, 0.5) is 0 Å². The van der Waals surface area contributed by atoms with Crippen molar-refractivity contribution in [2.24, 2.45) is 10.9 Å². The molecule has 0 amide bonds. The molecule has 0 aliphatic rings. The molecule has 1 rings (SSSR count). The van der Waals surface area contributed by atoms with Crippen LogP contribution in [0, 0.1) is 5.92 Å². The number of rotatable bonds is 8. The molecule has 0 spiro atoms. The first-order valence-corrected chi connectivity index (χ1v) is 9.45. The first kappa shape index (κ1) is 22.4. The van der Waals surface area contributed by atoms with Crippen molar-refractivity contribution in [2.75, 3.05) is 18.8 Å². The third-order valence-electron chi connectivity index (χ3n) is 3.47. The van der Waals surface area contributed by atoms with Crippen molar-refractivity contribution in [2.45, 2.75) is 39.5 Å². The van der Waals surface area contributed by atoms with Crippen molar-refractivity contribution in [1.29, 1.82) is 0 Å². The van der Waals surface area contributed by atoms with Crippen molar-refractivity contribution in [1.82, 2.24) is 10.6 Å². The second-order valence-corrected chi connectivity index (χ2v) is 7.29. The topological polar surface area (TPSA) is 53.5 Å². The second kappa shape index (κ2) is 12.8. The highest BCUT2D eigenvalue weighted by molar-refractivity contribution is 14.0. The third kappa shape index (κ3) is 9.96. The monoisotopic (exact) mass is 451 g/mol. The van der Waals surface area contributed by atoms with Gasteiger partial charge in [0, 0.05) is 34.9 Å². The lowest BCUT2D eigenvalue weighted by atomic mass is 10.1. The van der Waals surface area contributed by atoms with Crippen LogP contribution in [0.3, 0.4) is 0 Å². The van der Waals surface area contributed by atoms with Gasteiger partial charge < -0.3 is 10.6 Å². The molecule has 0 aromatic heterocycles. The molecule has 4 nitrogen and oxygen atoms in total. The van der Waals surface area contributed by atoms with Gasteiger partial charge in [-0.15, -0.1) is 24.0 Å². The molecule has 0 heterocycles. The number of benzene rings is 1. The maximum atomic E-state index is 12.1. The van der Waals surface area contributed by atoms with Gasteiger partial charge in [-0.1, -0.05) is 44.2 Å². The number of nitrogens with zero attached hydrogens (tertiary/aromatic N) is 1. The van der Waals surface area contributed by atoms with Gasteiger partial charge in [0.2, 0.25) is 0 Å². The van der Waals surface area contributed by atoms with Gasteiger partial charge in [0.25, 0.3) is 0 Å². The number of aliphatic imine (C=N–C) groups is 1. The zero-order chi connectivity index (χ0) is 16.4. The van der Waals surface area contributed by atoms with E-state index in [1.54, 1.807) is 0 Å². The molecule has 0 saturated carbocycles. The largest absolute Gasteiger partial charge is 0.357 e. The minimum atomic E-state index is -0.875. The quantitative estimate of drug-likeness (QED) is 0.363. The van der Waals surface area contributed by atoms with Crippen LogP contribution >= 0.6 is 24.0 Å². The Balaban J connectivity index is 0.00000484. The molecule has 2 N–H and O–H groups in total. The lowest BCUT2D eigenvalue weighted by Crippen LogP contribution is -2.44. The fraction of sp³-hybridized carbons (Fsp3) is 0.588. The average Bonchev–Trinajstić information content (AvgIpc) is 2.48. The van der Waals surface area contributed by atoms with Gasteiger partial charge in [-0.05, 0) is 25.3 Å². The minimum absolute atomic E-state index is 0. The molecule has 1 aromatic rings. The van der Waals surface area contributed by atoms with Crippen molar-refractivity contribution < 1.29 is 4.21 Å². The number of hydrogen-bond donors (Lipinski definition) is 2. The standard InChI is InChI=1S/C17H29N3OS.HI/c1-5-18-17(20-15(4)14(2)3)19-11-12-22(21)13-16-9-7-6-8-10-16;/h6-10,14-15H,5,11-13H2,1-4H3,(H2,18,19,20);1H. The Bertz CT molecular complexity index is 480. The molecule has 0 aliphatic heterocycles. The highest BCUT2D eigenvalue weighted by atomic mass is 127. The molecule has 0 bridgehead atoms. The first-order chi connectivity index (χ1) is 10.5. The van der Waals surface area contributed by atoms with E-state index < -0.39 is 10.8 Å². The molecule has 2 unspecified atom stereocenters. The van der Waals surface area contributed by atoms with Gasteiger partial charge in [-0.3, -0.25) is 9.20 Å². The Hall–Kier alpha value is -0.630. The summed E-state index contributed by atoms with van der Waals surface area (Å²) in [5.74, 6) is 2.53. The number of halogens is 1. The van der Waals surface area contributed by atoms with E-state index in [-0.39, 0.29) is 24.0 Å². The number of hydrogen-bond acceptors (Lipinski definition) is 2. The first-order valence-electron chi connectivity index (χ1n) is 7.96. The summed E-state index contributed by atoms with van der Waals surface area (Å²) in [6.45, 7) is 9.94. The number of nitrogens with one attached hydrogen (secondary N) is 2. The van der Waals surface area contributed by atoms with Crippen LogP contribution in [0.2, 0.25) is 0 Å². The van der Waals surface area contributed by atoms with Crippen LogP contribution in [0.15, 0.2) is 35.3 Å². The highest BCUT2D eigenvalue weighted by Crippen LogP contribution is 2.03. The van der Waals surface area contributed by atoms with Crippen LogP contribution in [0.25, 0.3) is 0 Å². The van der Waals surface area contributed by atoms with Gasteiger partial charge in [-0.25, -0.2) is 0 Å². The zero-order valence-electron chi connectivity index (χ0n) is 14.5. The molecule has 132 valence electrons. The Morgan fingerprint density at radius 2 is 1.87 bits per heavy atom. The van der Waals surface area contributed by atoms with Crippen LogP contribution in [0.1, 0.15) is 33.3 Å². The third-order valence-corrected chi connectivity index (χ3v) is 4.76. The van der Waals surface area contributed by atoms with E-state index in [4.69, 9.17) is 0 Å². The fourth-order valence-corrected chi connectivity index (χ4v) is 2.80. The average molecular weight is 451 g/mol. The molecule has 2 atom stereocenters. The van der Waals surface area contributed by atoms with Gasteiger partial charge in [0.1, 0.15) is 0 Å². The zero-order valence-corrected chi connectivity index (χ0v) is 17.7. The van der Waals surface area contributed by atoms with Gasteiger partial charge >= 0.3 is 0 Å². The van der Waals surface area contributed by atoms with Crippen LogP contribution in [0.5, 0.6) is 0 Å². The normalized spacial score (nSPS) is 14.0.